The van der Waals surface area contributed by atoms with Crippen molar-refractivity contribution in [1.29, 1.82) is 0 Å². The molecule has 29 heavy (non-hydrogen) atoms. The summed E-state index contributed by atoms with van der Waals surface area (Å²) >= 11 is 0. The predicted molar refractivity (Wildman–Crippen MR) is 73.3 cm³/mol. The minimum absolute atomic E-state index is 0.0664. The van der Waals surface area contributed by atoms with Crippen LogP contribution in [0, 0.1) is 0 Å². The Labute approximate surface area is 154 Å². The quantitative estimate of drug-likeness (QED) is 0.401. The molecule has 1 aromatic rings. The summed E-state index contributed by atoms with van der Waals surface area (Å²) in [6.07, 6.45) is -10.1. The molecule has 0 saturated carbocycles. The third-order valence-corrected chi connectivity index (χ3v) is 3.71. The molecule has 166 valence electrons. The van der Waals surface area contributed by atoms with E-state index in [9.17, 15) is 57.1 Å². The third-order valence-electron chi connectivity index (χ3n) is 3.71. The number of hydrogen-bond donors (Lipinski definition) is 0. The molecule has 0 fully saturated rings. The van der Waals surface area contributed by atoms with Crippen LogP contribution >= 0.6 is 0 Å². The van der Waals surface area contributed by atoms with Gasteiger partial charge in [0.1, 0.15) is 5.69 Å². The molecule has 0 saturated heterocycles. The van der Waals surface area contributed by atoms with E-state index in [1.165, 1.54) is 0 Å². The number of halogens is 13. The summed E-state index contributed by atoms with van der Waals surface area (Å²) in [5.74, 6) is -34.5. The van der Waals surface area contributed by atoms with Gasteiger partial charge in [-0.2, -0.15) is 57.1 Å². The van der Waals surface area contributed by atoms with Gasteiger partial charge in [0.15, 0.2) is 0 Å². The van der Waals surface area contributed by atoms with Gasteiger partial charge in [0.25, 0.3) is 0 Å². The van der Waals surface area contributed by atoms with Crippen LogP contribution in [0.5, 0.6) is 0 Å². The van der Waals surface area contributed by atoms with Gasteiger partial charge < -0.3 is 0 Å². The Kier molecular flexibility index (Phi) is 6.34. The molecule has 0 aromatic carbocycles. The number of pyridine rings is 1. The lowest BCUT2D eigenvalue weighted by Gasteiger charge is -2.39. The first kappa shape index (κ1) is 25.0. The topological polar surface area (TPSA) is 12.9 Å². The molecule has 1 nitrogen and oxygen atoms in total. The van der Waals surface area contributed by atoms with Gasteiger partial charge in [0.2, 0.25) is 0 Å². The molecule has 0 amide bonds. The van der Waals surface area contributed by atoms with Crippen LogP contribution in [0.3, 0.4) is 0 Å². The SMILES string of the molecule is C=Cc1ccnc(C(F)(F)C(F)(F)C(F)(F)C(F)(F)C(F)(F)CCC(F)(F)F)c1. The van der Waals surface area contributed by atoms with Crippen molar-refractivity contribution in [3.63, 3.8) is 0 Å². The Hall–Kier alpha value is -2.02. The normalized spacial score (nSPS) is 14.8. The average molecular weight is 451 g/mol. The van der Waals surface area contributed by atoms with E-state index >= 15 is 0 Å². The second kappa shape index (κ2) is 7.35. The van der Waals surface area contributed by atoms with Gasteiger partial charge in [-0.25, -0.2) is 0 Å². The van der Waals surface area contributed by atoms with Crippen LogP contribution < -0.4 is 0 Å². The zero-order chi connectivity index (χ0) is 23.1. The number of rotatable bonds is 8. The van der Waals surface area contributed by atoms with E-state index in [1.807, 2.05) is 0 Å². The Bertz CT molecular complexity index is 736. The van der Waals surface area contributed by atoms with Gasteiger partial charge in [-0.05, 0) is 17.7 Å². The molecule has 0 spiro atoms. The van der Waals surface area contributed by atoms with Crippen molar-refractivity contribution in [2.45, 2.75) is 48.6 Å². The molecule has 0 unspecified atom stereocenters. The first-order valence-electron chi connectivity index (χ1n) is 7.29. The number of alkyl halides is 13. The van der Waals surface area contributed by atoms with Gasteiger partial charge in [-0.15, -0.1) is 0 Å². The van der Waals surface area contributed by atoms with Crippen LogP contribution in [0.2, 0.25) is 0 Å². The highest BCUT2D eigenvalue weighted by Gasteiger charge is 2.86. The first-order valence-corrected chi connectivity index (χ1v) is 7.29. The van der Waals surface area contributed by atoms with E-state index < -0.39 is 54.3 Å². The lowest BCUT2D eigenvalue weighted by Crippen LogP contribution is -2.66. The van der Waals surface area contributed by atoms with E-state index in [-0.39, 0.29) is 11.6 Å². The maximum absolute atomic E-state index is 14.0. The molecular formula is C15H10F13N. The fourth-order valence-electron chi connectivity index (χ4n) is 1.99. The molecular weight excluding hydrogens is 441 g/mol. The highest BCUT2D eigenvalue weighted by molar-refractivity contribution is 5.47. The molecule has 0 atom stereocenters. The van der Waals surface area contributed by atoms with Crippen molar-refractivity contribution in [3.8, 4) is 0 Å². The number of nitrogens with zero attached hydrogens (tertiary/aromatic N) is 1. The lowest BCUT2D eigenvalue weighted by atomic mass is 9.90. The Morgan fingerprint density at radius 2 is 1.28 bits per heavy atom. The smallest absolute Gasteiger partial charge is 0.255 e. The van der Waals surface area contributed by atoms with Crippen LogP contribution in [0.1, 0.15) is 24.1 Å². The minimum Gasteiger partial charge on any atom is -0.255 e. The summed E-state index contributed by atoms with van der Waals surface area (Å²) in [5, 5.41) is 0. The summed E-state index contributed by atoms with van der Waals surface area (Å²) in [7, 11) is 0. The van der Waals surface area contributed by atoms with Crippen molar-refractivity contribution in [1.82, 2.24) is 4.98 Å². The molecule has 0 N–H and O–H groups in total. The standard InChI is InChI=1S/C15H10F13N/c1-2-8-3-6-29-9(7-8)12(21,22)14(25,26)15(27,28)13(23,24)10(16,17)4-5-11(18,19)20/h2-3,6-7H,1,4-5H2. The van der Waals surface area contributed by atoms with Crippen molar-refractivity contribution in [2.24, 2.45) is 0 Å². The monoisotopic (exact) mass is 451 g/mol. The number of hydrogen-bond acceptors (Lipinski definition) is 1. The van der Waals surface area contributed by atoms with E-state index in [0.717, 1.165) is 12.1 Å². The molecule has 1 heterocycles. The lowest BCUT2D eigenvalue weighted by molar-refractivity contribution is -0.406. The van der Waals surface area contributed by atoms with Gasteiger partial charge >= 0.3 is 35.8 Å². The zero-order valence-corrected chi connectivity index (χ0v) is 13.8. The summed E-state index contributed by atoms with van der Waals surface area (Å²) in [6, 6.07) is 0.958. The van der Waals surface area contributed by atoms with Crippen LogP contribution in [0.4, 0.5) is 57.1 Å². The van der Waals surface area contributed by atoms with Crippen LogP contribution in [0.25, 0.3) is 6.08 Å². The fourth-order valence-corrected chi connectivity index (χ4v) is 1.99. The molecule has 0 radical (unpaired) electrons. The largest absolute Gasteiger partial charge is 0.389 e. The molecule has 0 aliphatic carbocycles. The summed E-state index contributed by atoms with van der Waals surface area (Å²) in [6.45, 7) is 3.06. The maximum atomic E-state index is 14.0. The molecule has 0 aliphatic rings. The fraction of sp³-hybridized carbons (Fsp3) is 0.533. The van der Waals surface area contributed by atoms with Gasteiger partial charge in [0, 0.05) is 19.0 Å². The van der Waals surface area contributed by atoms with Crippen LogP contribution in [0.15, 0.2) is 24.9 Å². The van der Waals surface area contributed by atoms with Crippen LogP contribution in [-0.2, 0) is 5.92 Å². The molecule has 1 aromatic heterocycles. The van der Waals surface area contributed by atoms with Gasteiger partial charge in [-0.1, -0.05) is 12.7 Å². The van der Waals surface area contributed by atoms with Gasteiger partial charge in [-0.3, -0.25) is 4.98 Å². The number of aromatic nitrogens is 1. The summed E-state index contributed by atoms with van der Waals surface area (Å²) < 4.78 is 172. The molecule has 0 bridgehead atoms. The average Bonchev–Trinajstić information content (AvgIpc) is 2.58. The van der Waals surface area contributed by atoms with E-state index in [1.54, 1.807) is 0 Å². The van der Waals surface area contributed by atoms with Gasteiger partial charge in [0.05, 0.1) is 0 Å². The Balaban J connectivity index is 3.43. The van der Waals surface area contributed by atoms with Crippen molar-refractivity contribution >= 4 is 6.08 Å². The van der Waals surface area contributed by atoms with Crippen LogP contribution in [-0.4, -0.2) is 34.9 Å². The summed E-state index contributed by atoms with van der Waals surface area (Å²) in [4.78, 5) is 2.66. The maximum Gasteiger partial charge on any atom is 0.389 e. The van der Waals surface area contributed by atoms with Crippen molar-refractivity contribution in [3.05, 3.63) is 36.2 Å². The molecule has 14 heteroatoms. The van der Waals surface area contributed by atoms with Crippen molar-refractivity contribution < 1.29 is 57.1 Å². The summed E-state index contributed by atoms with van der Waals surface area (Å²) in [5.41, 5.74) is -2.55. The Morgan fingerprint density at radius 3 is 1.72 bits per heavy atom. The first-order chi connectivity index (χ1) is 12.7. The zero-order valence-electron chi connectivity index (χ0n) is 13.8. The van der Waals surface area contributed by atoms with E-state index in [0.29, 0.717) is 6.20 Å². The Morgan fingerprint density at radius 1 is 0.759 bits per heavy atom. The van der Waals surface area contributed by atoms with E-state index in [4.69, 9.17) is 0 Å². The minimum atomic E-state index is -7.47. The predicted octanol–water partition coefficient (Wildman–Crippen LogP) is 6.70. The molecule has 0 aliphatic heterocycles. The van der Waals surface area contributed by atoms with E-state index in [2.05, 4.69) is 11.6 Å². The second-order valence-electron chi connectivity index (χ2n) is 5.80. The third kappa shape index (κ3) is 4.29. The second-order valence-corrected chi connectivity index (χ2v) is 5.80. The molecule has 1 rings (SSSR count). The highest BCUT2D eigenvalue weighted by atomic mass is 19.4. The van der Waals surface area contributed by atoms with Crippen molar-refractivity contribution in [2.75, 3.05) is 0 Å². The highest BCUT2D eigenvalue weighted by Crippen LogP contribution is 2.60.